The number of hydrogen-bond donors (Lipinski definition) is 0. The van der Waals surface area contributed by atoms with Gasteiger partial charge in [-0.2, -0.15) is 5.10 Å². The number of carbonyl (C=O) groups is 1. The summed E-state index contributed by atoms with van der Waals surface area (Å²) < 4.78 is 12.7. The summed E-state index contributed by atoms with van der Waals surface area (Å²) in [5, 5.41) is 5.65. The molecular weight excluding hydrogens is 528 g/mol. The average Bonchev–Trinajstić information content (AvgIpc) is 3.39. The molecule has 3 aromatic heterocycles. The lowest BCUT2D eigenvalue weighted by molar-refractivity contribution is 0.0193. The van der Waals surface area contributed by atoms with Gasteiger partial charge >= 0.3 is 6.09 Å². The maximum absolute atomic E-state index is 12.7. The van der Waals surface area contributed by atoms with Crippen molar-refractivity contribution in [3.63, 3.8) is 0 Å². The number of fused-ring (bicyclic) bond motifs is 2. The van der Waals surface area contributed by atoms with Crippen LogP contribution in [-0.4, -0.2) is 68.5 Å². The summed E-state index contributed by atoms with van der Waals surface area (Å²) >= 11 is 0. The summed E-state index contributed by atoms with van der Waals surface area (Å²) in [4.78, 5) is 26.3. The van der Waals surface area contributed by atoms with E-state index in [4.69, 9.17) is 14.5 Å². The third-order valence-corrected chi connectivity index (χ3v) is 7.63. The Labute approximate surface area is 245 Å². The van der Waals surface area contributed by atoms with Gasteiger partial charge in [0.15, 0.2) is 5.65 Å². The van der Waals surface area contributed by atoms with Crippen LogP contribution in [0.5, 0.6) is 5.88 Å². The Hall–Kier alpha value is -4.66. The first-order valence-electron chi connectivity index (χ1n) is 14.3. The number of methoxy groups -OCH3 is 1. The molecule has 9 heteroatoms. The number of rotatable bonds is 4. The van der Waals surface area contributed by atoms with E-state index in [9.17, 15) is 4.79 Å². The van der Waals surface area contributed by atoms with Crippen LogP contribution in [-0.2, 0) is 4.74 Å². The fraction of sp³-hybridized carbons (Fsp3) is 0.333. The second kappa shape index (κ2) is 10.6. The van der Waals surface area contributed by atoms with E-state index in [0.717, 1.165) is 44.5 Å². The molecule has 2 aromatic carbocycles. The van der Waals surface area contributed by atoms with Gasteiger partial charge in [-0.3, -0.25) is 0 Å². The molecule has 0 bridgehead atoms. The molecule has 1 aliphatic rings. The van der Waals surface area contributed by atoms with Gasteiger partial charge < -0.3 is 19.3 Å². The van der Waals surface area contributed by atoms with E-state index in [-0.39, 0.29) is 18.2 Å². The summed E-state index contributed by atoms with van der Waals surface area (Å²) in [5.74, 6) is 0.584. The molecule has 1 fully saturated rings. The number of ether oxygens (including phenoxy) is 2. The van der Waals surface area contributed by atoms with E-state index < -0.39 is 5.60 Å². The van der Waals surface area contributed by atoms with Gasteiger partial charge in [-0.15, -0.1) is 0 Å². The fourth-order valence-electron chi connectivity index (χ4n) is 5.83. The van der Waals surface area contributed by atoms with Gasteiger partial charge in [0.05, 0.1) is 18.8 Å². The number of anilines is 1. The van der Waals surface area contributed by atoms with Crippen molar-refractivity contribution in [3.8, 4) is 28.1 Å². The molecule has 216 valence electrons. The maximum atomic E-state index is 12.7. The van der Waals surface area contributed by atoms with Crippen LogP contribution in [0.15, 0.2) is 73.2 Å². The van der Waals surface area contributed by atoms with Crippen molar-refractivity contribution in [2.45, 2.75) is 52.3 Å². The zero-order valence-corrected chi connectivity index (χ0v) is 24.9. The largest absolute Gasteiger partial charge is 0.481 e. The Kier molecular flexibility index (Phi) is 6.96. The number of carbonyl (C=O) groups excluding carboxylic acids is 1. The predicted molar refractivity (Wildman–Crippen MR) is 165 cm³/mol. The van der Waals surface area contributed by atoms with Crippen LogP contribution in [0, 0.1) is 0 Å². The first-order valence-corrected chi connectivity index (χ1v) is 14.3. The number of aromatic nitrogens is 4. The van der Waals surface area contributed by atoms with E-state index in [1.807, 2.05) is 73.0 Å². The highest BCUT2D eigenvalue weighted by molar-refractivity contribution is 5.98. The maximum Gasteiger partial charge on any atom is 0.410 e. The summed E-state index contributed by atoms with van der Waals surface area (Å²) in [6, 6.07) is 18.7. The van der Waals surface area contributed by atoms with Crippen LogP contribution in [0.4, 0.5) is 10.5 Å². The number of hydrogen-bond acceptors (Lipinski definition) is 7. The molecule has 1 amide bonds. The van der Waals surface area contributed by atoms with Crippen LogP contribution < -0.4 is 9.64 Å². The van der Waals surface area contributed by atoms with Crippen LogP contribution in [0.2, 0.25) is 0 Å². The average molecular weight is 565 g/mol. The molecular formula is C33H36N6O3. The standard InChI is InChI=1S/C33H36N6O3/c1-21-18-37(32(40)42-33(3,4)5)19-22(2)39(21)25-12-10-23(11-13-25)24-16-34-31-28(17-35-38(31)20-24)26-8-7-9-29-27(26)14-15-30(36-29)41-6/h7-17,20-22H,18-19H2,1-6H3. The summed E-state index contributed by atoms with van der Waals surface area (Å²) in [7, 11) is 1.62. The van der Waals surface area contributed by atoms with Crippen molar-refractivity contribution < 1.29 is 14.3 Å². The molecule has 0 saturated carbocycles. The molecule has 5 aromatic rings. The third kappa shape index (κ3) is 5.22. The zero-order chi connectivity index (χ0) is 29.6. The third-order valence-electron chi connectivity index (χ3n) is 7.63. The van der Waals surface area contributed by atoms with Crippen molar-refractivity contribution >= 4 is 28.3 Å². The Bertz CT molecular complexity index is 1750. The van der Waals surface area contributed by atoms with Gasteiger partial charge in [0.2, 0.25) is 5.88 Å². The molecule has 2 unspecified atom stereocenters. The van der Waals surface area contributed by atoms with Gasteiger partial charge in [-0.25, -0.2) is 19.3 Å². The number of piperazine rings is 1. The molecule has 2 atom stereocenters. The minimum Gasteiger partial charge on any atom is -0.481 e. The SMILES string of the molecule is COc1ccc2c(-c3cnn4cc(-c5ccc(N6C(C)CN(C(=O)OC(C)(C)C)CC6C)cc5)cnc34)cccc2n1. The van der Waals surface area contributed by atoms with Crippen molar-refractivity contribution in [3.05, 3.63) is 73.2 Å². The molecule has 0 N–H and O–H groups in total. The number of benzene rings is 2. The molecule has 1 aliphatic heterocycles. The topological polar surface area (TPSA) is 85.1 Å². The number of pyridine rings is 1. The van der Waals surface area contributed by atoms with Gasteiger partial charge in [0, 0.05) is 65.8 Å². The Morgan fingerprint density at radius 2 is 1.64 bits per heavy atom. The van der Waals surface area contributed by atoms with Gasteiger partial charge in [0.1, 0.15) is 5.60 Å². The van der Waals surface area contributed by atoms with Crippen LogP contribution in [0.1, 0.15) is 34.6 Å². The predicted octanol–water partition coefficient (Wildman–Crippen LogP) is 6.45. The first kappa shape index (κ1) is 27.5. The van der Waals surface area contributed by atoms with Crippen LogP contribution in [0.25, 0.3) is 38.8 Å². The van der Waals surface area contributed by atoms with E-state index in [2.05, 4.69) is 59.2 Å². The minimum absolute atomic E-state index is 0.151. The van der Waals surface area contributed by atoms with Gasteiger partial charge in [-0.05, 0) is 70.0 Å². The Balaban J connectivity index is 1.22. The molecule has 6 rings (SSSR count). The number of nitrogens with zero attached hydrogens (tertiary/aromatic N) is 6. The second-order valence-corrected chi connectivity index (χ2v) is 11.9. The van der Waals surface area contributed by atoms with Crippen LogP contribution in [0.3, 0.4) is 0 Å². The lowest BCUT2D eigenvalue weighted by atomic mass is 10.0. The molecule has 1 saturated heterocycles. The molecule has 0 aliphatic carbocycles. The molecule has 4 heterocycles. The summed E-state index contributed by atoms with van der Waals surface area (Å²) in [5.41, 5.74) is 6.26. The van der Waals surface area contributed by atoms with E-state index in [0.29, 0.717) is 19.0 Å². The Morgan fingerprint density at radius 3 is 2.33 bits per heavy atom. The zero-order valence-electron chi connectivity index (χ0n) is 24.9. The van der Waals surface area contributed by atoms with E-state index >= 15 is 0 Å². The molecule has 0 spiro atoms. The minimum atomic E-state index is -0.506. The van der Waals surface area contributed by atoms with Gasteiger partial charge in [0.25, 0.3) is 0 Å². The van der Waals surface area contributed by atoms with Crippen molar-refractivity contribution in [1.82, 2.24) is 24.5 Å². The highest BCUT2D eigenvalue weighted by atomic mass is 16.6. The van der Waals surface area contributed by atoms with Crippen molar-refractivity contribution in [1.29, 1.82) is 0 Å². The smallest absolute Gasteiger partial charge is 0.410 e. The lowest BCUT2D eigenvalue weighted by Crippen LogP contribution is -2.58. The normalized spacial score (nSPS) is 17.6. The molecule has 9 nitrogen and oxygen atoms in total. The summed E-state index contributed by atoms with van der Waals surface area (Å²) in [6.45, 7) is 11.2. The first-order chi connectivity index (χ1) is 20.1. The second-order valence-electron chi connectivity index (χ2n) is 11.9. The summed E-state index contributed by atoms with van der Waals surface area (Å²) in [6.07, 6.45) is 5.51. The van der Waals surface area contributed by atoms with Crippen molar-refractivity contribution in [2.75, 3.05) is 25.1 Å². The van der Waals surface area contributed by atoms with E-state index in [1.54, 1.807) is 7.11 Å². The van der Waals surface area contributed by atoms with Crippen LogP contribution >= 0.6 is 0 Å². The number of amides is 1. The molecule has 0 radical (unpaired) electrons. The lowest BCUT2D eigenvalue weighted by Gasteiger charge is -2.45. The fourth-order valence-corrected chi connectivity index (χ4v) is 5.83. The van der Waals surface area contributed by atoms with Crippen molar-refractivity contribution in [2.24, 2.45) is 0 Å². The van der Waals surface area contributed by atoms with E-state index in [1.165, 1.54) is 0 Å². The molecule has 42 heavy (non-hydrogen) atoms. The highest BCUT2D eigenvalue weighted by Crippen LogP contribution is 2.33. The quantitative estimate of drug-likeness (QED) is 0.248. The monoisotopic (exact) mass is 564 g/mol. The highest BCUT2D eigenvalue weighted by Gasteiger charge is 2.34. The Morgan fingerprint density at radius 1 is 0.905 bits per heavy atom. The van der Waals surface area contributed by atoms with Gasteiger partial charge in [-0.1, -0.05) is 24.3 Å².